The van der Waals surface area contributed by atoms with Crippen molar-refractivity contribution in [2.75, 3.05) is 14.2 Å². The molecule has 1 heterocycles. The maximum absolute atomic E-state index is 5.31. The lowest BCUT2D eigenvalue weighted by molar-refractivity contribution is 0.355. The van der Waals surface area contributed by atoms with E-state index in [0.29, 0.717) is 0 Å². The van der Waals surface area contributed by atoms with E-state index in [4.69, 9.17) is 9.47 Å². The van der Waals surface area contributed by atoms with Gasteiger partial charge in [0.2, 0.25) is 0 Å². The summed E-state index contributed by atoms with van der Waals surface area (Å²) in [6.07, 6.45) is 7.90. The third-order valence-corrected chi connectivity index (χ3v) is 3.01. The summed E-state index contributed by atoms with van der Waals surface area (Å²) in [5, 5.41) is 0. The Bertz CT molecular complexity index is 646. The smallest absolute Gasteiger partial charge is 0.161 e. The first-order chi connectivity index (χ1) is 10.2. The van der Waals surface area contributed by atoms with Crippen molar-refractivity contribution >= 4 is 12.2 Å². The summed E-state index contributed by atoms with van der Waals surface area (Å²) in [5.41, 5.74) is 3.14. The predicted octanol–water partition coefficient (Wildman–Crippen LogP) is 4.22. The molecule has 2 rings (SSSR count). The average molecular weight is 281 g/mol. The second-order valence-electron chi connectivity index (χ2n) is 4.59. The van der Waals surface area contributed by atoms with Gasteiger partial charge in [0.15, 0.2) is 11.5 Å². The van der Waals surface area contributed by atoms with Gasteiger partial charge in [-0.15, -0.1) is 0 Å². The molecular formula is C18H19NO2. The molecule has 0 spiro atoms. The van der Waals surface area contributed by atoms with E-state index in [-0.39, 0.29) is 0 Å². The Hall–Kier alpha value is -2.55. The third-order valence-electron chi connectivity index (χ3n) is 3.01. The van der Waals surface area contributed by atoms with Gasteiger partial charge in [-0.2, -0.15) is 0 Å². The molecule has 0 amide bonds. The first-order valence-electron chi connectivity index (χ1n) is 6.72. The number of hydrogen-bond donors (Lipinski definition) is 0. The summed E-state index contributed by atoms with van der Waals surface area (Å²) in [7, 11) is 3.27. The van der Waals surface area contributed by atoms with Crippen LogP contribution in [0.1, 0.15) is 18.2 Å². The Kier molecular flexibility index (Phi) is 5.16. The van der Waals surface area contributed by atoms with E-state index < -0.39 is 0 Å². The molecule has 1 aromatic carbocycles. The van der Waals surface area contributed by atoms with Crippen molar-refractivity contribution in [1.29, 1.82) is 0 Å². The molecular weight excluding hydrogens is 262 g/mol. The molecule has 0 saturated carbocycles. The zero-order valence-corrected chi connectivity index (χ0v) is 12.5. The molecule has 0 bridgehead atoms. The Balaban J connectivity index is 2.17. The van der Waals surface area contributed by atoms with Gasteiger partial charge in [0.25, 0.3) is 0 Å². The highest BCUT2D eigenvalue weighted by molar-refractivity contribution is 5.62. The average Bonchev–Trinajstić information content (AvgIpc) is 2.53. The highest BCUT2D eigenvalue weighted by Crippen LogP contribution is 2.28. The zero-order chi connectivity index (χ0) is 15.1. The van der Waals surface area contributed by atoms with Gasteiger partial charge in [-0.05, 0) is 42.8 Å². The number of benzene rings is 1. The van der Waals surface area contributed by atoms with Gasteiger partial charge in [0.1, 0.15) is 0 Å². The van der Waals surface area contributed by atoms with Crippen molar-refractivity contribution in [2.24, 2.45) is 0 Å². The number of rotatable bonds is 5. The molecule has 3 nitrogen and oxygen atoms in total. The molecule has 0 aliphatic rings. The Labute approximate surface area is 125 Å². The highest BCUT2D eigenvalue weighted by atomic mass is 16.5. The van der Waals surface area contributed by atoms with Crippen LogP contribution in [0.25, 0.3) is 12.2 Å². The molecule has 0 saturated heterocycles. The second-order valence-corrected chi connectivity index (χ2v) is 4.59. The number of hydrogen-bond acceptors (Lipinski definition) is 3. The van der Waals surface area contributed by atoms with Crippen LogP contribution in [0, 0.1) is 0 Å². The Morgan fingerprint density at radius 3 is 2.52 bits per heavy atom. The second kappa shape index (κ2) is 7.29. The van der Waals surface area contributed by atoms with Gasteiger partial charge >= 0.3 is 0 Å². The number of pyridine rings is 1. The molecule has 0 N–H and O–H groups in total. The molecule has 0 unspecified atom stereocenters. The molecule has 0 atom stereocenters. The van der Waals surface area contributed by atoms with Crippen molar-refractivity contribution in [3.8, 4) is 11.5 Å². The Morgan fingerprint density at radius 2 is 1.86 bits per heavy atom. The van der Waals surface area contributed by atoms with E-state index in [1.807, 2.05) is 48.6 Å². The van der Waals surface area contributed by atoms with E-state index in [2.05, 4.69) is 18.0 Å². The largest absolute Gasteiger partial charge is 0.493 e. The topological polar surface area (TPSA) is 31.4 Å². The fraction of sp³-hybridized carbons (Fsp3) is 0.167. The highest BCUT2D eigenvalue weighted by Gasteiger charge is 2.02. The summed E-state index contributed by atoms with van der Waals surface area (Å²) in [4.78, 5) is 4.26. The maximum Gasteiger partial charge on any atom is 0.161 e. The summed E-state index contributed by atoms with van der Waals surface area (Å²) in [6, 6.07) is 11.7. The van der Waals surface area contributed by atoms with Gasteiger partial charge < -0.3 is 9.47 Å². The number of aromatic nitrogens is 1. The predicted molar refractivity (Wildman–Crippen MR) is 86.5 cm³/mol. The van der Waals surface area contributed by atoms with E-state index >= 15 is 0 Å². The summed E-state index contributed by atoms with van der Waals surface area (Å²) >= 11 is 0. The minimum atomic E-state index is 0.729. The van der Waals surface area contributed by atoms with Gasteiger partial charge in [-0.1, -0.05) is 29.9 Å². The van der Waals surface area contributed by atoms with Crippen LogP contribution in [0.4, 0.5) is 0 Å². The lowest BCUT2D eigenvalue weighted by Gasteiger charge is -2.07. The molecule has 0 radical (unpaired) electrons. The molecule has 1 aromatic heterocycles. The zero-order valence-electron chi connectivity index (χ0n) is 12.5. The van der Waals surface area contributed by atoms with E-state index in [1.165, 1.54) is 0 Å². The SMILES string of the molecule is COc1ccc(/C=C(C)/C=C/c2ccccn2)cc1OC. The van der Waals surface area contributed by atoms with Crippen molar-refractivity contribution in [2.45, 2.75) is 6.92 Å². The fourth-order valence-corrected chi connectivity index (χ4v) is 1.94. The number of methoxy groups -OCH3 is 2. The summed E-state index contributed by atoms with van der Waals surface area (Å²) < 4.78 is 10.5. The molecule has 21 heavy (non-hydrogen) atoms. The van der Waals surface area contributed by atoms with Crippen LogP contribution in [0.5, 0.6) is 11.5 Å². The first kappa shape index (κ1) is 14.9. The van der Waals surface area contributed by atoms with Gasteiger partial charge in [0.05, 0.1) is 19.9 Å². The molecule has 2 aromatic rings. The minimum absolute atomic E-state index is 0.729. The standard InChI is InChI=1S/C18H19NO2/c1-14(7-9-16-6-4-5-11-19-16)12-15-8-10-17(20-2)18(13-15)21-3/h4-13H,1-3H3/b9-7+,14-12+. The molecule has 0 aliphatic carbocycles. The summed E-state index contributed by atoms with van der Waals surface area (Å²) in [5.74, 6) is 1.46. The minimum Gasteiger partial charge on any atom is -0.493 e. The van der Waals surface area contributed by atoms with E-state index in [1.54, 1.807) is 20.4 Å². The fourth-order valence-electron chi connectivity index (χ4n) is 1.94. The van der Waals surface area contributed by atoms with Crippen molar-refractivity contribution in [1.82, 2.24) is 4.98 Å². The van der Waals surface area contributed by atoms with E-state index in [9.17, 15) is 0 Å². The summed E-state index contributed by atoms with van der Waals surface area (Å²) in [6.45, 7) is 2.05. The Morgan fingerprint density at radius 1 is 1.05 bits per heavy atom. The van der Waals surface area contributed by atoms with Crippen molar-refractivity contribution in [3.05, 3.63) is 65.5 Å². The maximum atomic E-state index is 5.31. The van der Waals surface area contributed by atoms with Crippen molar-refractivity contribution in [3.63, 3.8) is 0 Å². The van der Waals surface area contributed by atoms with Gasteiger partial charge in [0, 0.05) is 6.20 Å². The van der Waals surface area contributed by atoms with Gasteiger partial charge in [-0.25, -0.2) is 0 Å². The lowest BCUT2D eigenvalue weighted by Crippen LogP contribution is -1.90. The van der Waals surface area contributed by atoms with Crippen LogP contribution >= 0.6 is 0 Å². The first-order valence-corrected chi connectivity index (χ1v) is 6.72. The molecule has 3 heteroatoms. The van der Waals surface area contributed by atoms with Crippen LogP contribution in [0.2, 0.25) is 0 Å². The van der Waals surface area contributed by atoms with Gasteiger partial charge in [-0.3, -0.25) is 4.98 Å². The van der Waals surface area contributed by atoms with Crippen LogP contribution in [-0.4, -0.2) is 19.2 Å². The molecule has 0 fully saturated rings. The quantitative estimate of drug-likeness (QED) is 0.769. The van der Waals surface area contributed by atoms with Crippen molar-refractivity contribution < 1.29 is 9.47 Å². The van der Waals surface area contributed by atoms with Crippen LogP contribution in [0.15, 0.2) is 54.2 Å². The third kappa shape index (κ3) is 4.21. The molecule has 0 aliphatic heterocycles. The normalized spacial score (nSPS) is 11.7. The number of allylic oxidation sites excluding steroid dienone is 2. The number of ether oxygens (including phenoxy) is 2. The van der Waals surface area contributed by atoms with Crippen LogP contribution < -0.4 is 9.47 Å². The molecule has 108 valence electrons. The van der Waals surface area contributed by atoms with E-state index in [0.717, 1.165) is 28.3 Å². The monoisotopic (exact) mass is 281 g/mol. The lowest BCUT2D eigenvalue weighted by atomic mass is 10.1. The van der Waals surface area contributed by atoms with Crippen LogP contribution in [0.3, 0.4) is 0 Å². The number of nitrogens with zero attached hydrogens (tertiary/aromatic N) is 1. The van der Waals surface area contributed by atoms with Crippen LogP contribution in [-0.2, 0) is 0 Å².